The van der Waals surface area contributed by atoms with Crippen LogP contribution in [-0.2, 0) is 0 Å². The second-order valence-electron chi connectivity index (χ2n) is 6.53. The van der Waals surface area contributed by atoms with E-state index >= 15 is 0 Å². The molecule has 1 N–H and O–H groups in total. The number of nitrogens with one attached hydrogen (secondary N) is 1. The molecule has 0 radical (unpaired) electrons. The van der Waals surface area contributed by atoms with Gasteiger partial charge in [0.05, 0.1) is 11.3 Å². The Hall–Kier alpha value is -4.19. The van der Waals surface area contributed by atoms with E-state index < -0.39 is 0 Å². The molecule has 0 bridgehead atoms. The molecular formula is C24H20N4O2. The van der Waals surface area contributed by atoms with Gasteiger partial charge in [-0.15, -0.1) is 0 Å². The first-order chi connectivity index (χ1) is 14.7. The quantitative estimate of drug-likeness (QED) is 0.480. The van der Waals surface area contributed by atoms with Crippen molar-refractivity contribution in [2.45, 2.75) is 0 Å². The van der Waals surface area contributed by atoms with Gasteiger partial charge in [0, 0.05) is 25.1 Å². The summed E-state index contributed by atoms with van der Waals surface area (Å²) in [6.45, 7) is 0. The fourth-order valence-corrected chi connectivity index (χ4v) is 2.85. The fourth-order valence-electron chi connectivity index (χ4n) is 2.85. The highest BCUT2D eigenvalue weighted by atomic mass is 16.5. The van der Waals surface area contributed by atoms with Crippen molar-refractivity contribution in [3.8, 4) is 11.5 Å². The average Bonchev–Trinajstić information content (AvgIpc) is 2.81. The van der Waals surface area contributed by atoms with Crippen LogP contribution in [0.1, 0.15) is 10.4 Å². The Morgan fingerprint density at radius 3 is 2.13 bits per heavy atom. The second-order valence-corrected chi connectivity index (χ2v) is 6.53. The van der Waals surface area contributed by atoms with Crippen molar-refractivity contribution in [1.82, 2.24) is 9.97 Å². The molecule has 30 heavy (non-hydrogen) atoms. The number of amides is 1. The third kappa shape index (κ3) is 4.44. The molecule has 0 aliphatic rings. The molecule has 4 aromatic rings. The molecule has 1 heterocycles. The normalized spacial score (nSPS) is 10.3. The first-order valence-electron chi connectivity index (χ1n) is 9.45. The van der Waals surface area contributed by atoms with Crippen LogP contribution in [0.4, 0.5) is 17.3 Å². The van der Waals surface area contributed by atoms with E-state index in [1.807, 2.05) is 84.7 Å². The van der Waals surface area contributed by atoms with Crippen molar-refractivity contribution in [3.63, 3.8) is 0 Å². The van der Waals surface area contributed by atoms with E-state index in [2.05, 4.69) is 15.3 Å². The molecule has 148 valence electrons. The Balaban J connectivity index is 1.48. The summed E-state index contributed by atoms with van der Waals surface area (Å²) in [5.41, 5.74) is 1.88. The van der Waals surface area contributed by atoms with Gasteiger partial charge in [-0.25, -0.2) is 9.97 Å². The predicted octanol–water partition coefficient (Wildman–Crippen LogP) is 5.29. The zero-order valence-electron chi connectivity index (χ0n) is 16.4. The molecule has 0 unspecified atom stereocenters. The minimum absolute atomic E-state index is 0.312. The number of anilines is 3. The van der Waals surface area contributed by atoms with Crippen LogP contribution in [0.5, 0.6) is 11.5 Å². The SMILES string of the molecule is CN(c1ccccc1)c1ncc(C(=O)Nc2ccccc2Oc2ccccc2)cn1. The largest absolute Gasteiger partial charge is 0.455 e. The summed E-state index contributed by atoms with van der Waals surface area (Å²) in [5.74, 6) is 1.44. The van der Waals surface area contributed by atoms with Gasteiger partial charge in [-0.3, -0.25) is 4.79 Å². The molecule has 0 aliphatic heterocycles. The van der Waals surface area contributed by atoms with Gasteiger partial charge < -0.3 is 15.0 Å². The predicted molar refractivity (Wildman–Crippen MR) is 117 cm³/mol. The summed E-state index contributed by atoms with van der Waals surface area (Å²) < 4.78 is 5.89. The van der Waals surface area contributed by atoms with E-state index in [9.17, 15) is 4.79 Å². The van der Waals surface area contributed by atoms with E-state index in [1.54, 1.807) is 12.1 Å². The van der Waals surface area contributed by atoms with Crippen LogP contribution in [0.3, 0.4) is 0 Å². The third-order valence-electron chi connectivity index (χ3n) is 4.45. The van der Waals surface area contributed by atoms with Crippen LogP contribution in [0, 0.1) is 0 Å². The lowest BCUT2D eigenvalue weighted by atomic mass is 10.2. The Bertz CT molecular complexity index is 1120. The number of nitrogens with zero attached hydrogens (tertiary/aromatic N) is 3. The van der Waals surface area contributed by atoms with E-state index in [0.29, 0.717) is 28.7 Å². The van der Waals surface area contributed by atoms with Gasteiger partial charge in [0.25, 0.3) is 5.91 Å². The topological polar surface area (TPSA) is 67.4 Å². The van der Waals surface area contributed by atoms with E-state index in [-0.39, 0.29) is 5.91 Å². The van der Waals surface area contributed by atoms with Crippen molar-refractivity contribution in [2.75, 3.05) is 17.3 Å². The highest BCUT2D eigenvalue weighted by molar-refractivity contribution is 6.04. The zero-order valence-corrected chi connectivity index (χ0v) is 16.4. The molecule has 1 amide bonds. The fraction of sp³-hybridized carbons (Fsp3) is 0.0417. The Morgan fingerprint density at radius 2 is 1.43 bits per heavy atom. The van der Waals surface area contributed by atoms with Gasteiger partial charge in [0.2, 0.25) is 5.95 Å². The highest BCUT2D eigenvalue weighted by Gasteiger charge is 2.13. The monoisotopic (exact) mass is 396 g/mol. The Kier molecular flexibility index (Phi) is 5.66. The van der Waals surface area contributed by atoms with Crippen molar-refractivity contribution in [2.24, 2.45) is 0 Å². The first kappa shape index (κ1) is 19.1. The second kappa shape index (κ2) is 8.87. The number of para-hydroxylation sites is 4. The average molecular weight is 396 g/mol. The van der Waals surface area contributed by atoms with Gasteiger partial charge in [-0.05, 0) is 36.4 Å². The van der Waals surface area contributed by atoms with E-state index in [1.165, 1.54) is 12.4 Å². The Morgan fingerprint density at radius 1 is 0.833 bits per heavy atom. The molecule has 0 saturated carbocycles. The lowest BCUT2D eigenvalue weighted by Crippen LogP contribution is -2.16. The van der Waals surface area contributed by atoms with Crippen molar-refractivity contribution < 1.29 is 9.53 Å². The lowest BCUT2D eigenvalue weighted by Gasteiger charge is -2.17. The lowest BCUT2D eigenvalue weighted by molar-refractivity contribution is 0.102. The minimum atomic E-state index is -0.312. The van der Waals surface area contributed by atoms with Gasteiger partial charge in [-0.1, -0.05) is 48.5 Å². The molecule has 0 atom stereocenters. The molecule has 6 heteroatoms. The molecule has 0 saturated heterocycles. The molecule has 1 aromatic heterocycles. The number of aromatic nitrogens is 2. The standard InChI is InChI=1S/C24H20N4O2/c1-28(19-10-4-2-5-11-19)24-25-16-18(17-26-24)23(29)27-21-14-8-9-15-22(21)30-20-12-6-3-7-13-20/h2-17H,1H3,(H,27,29). The number of hydrogen-bond donors (Lipinski definition) is 1. The van der Waals surface area contributed by atoms with Crippen LogP contribution >= 0.6 is 0 Å². The van der Waals surface area contributed by atoms with Crippen molar-refractivity contribution >= 4 is 23.2 Å². The van der Waals surface area contributed by atoms with Crippen LogP contribution in [-0.4, -0.2) is 22.9 Å². The summed E-state index contributed by atoms with van der Waals surface area (Å²) >= 11 is 0. The van der Waals surface area contributed by atoms with Crippen LogP contribution in [0.25, 0.3) is 0 Å². The van der Waals surface area contributed by atoms with Crippen LogP contribution in [0.15, 0.2) is 97.3 Å². The number of hydrogen-bond acceptors (Lipinski definition) is 5. The molecule has 3 aromatic carbocycles. The van der Waals surface area contributed by atoms with Gasteiger partial charge >= 0.3 is 0 Å². The molecule has 6 nitrogen and oxygen atoms in total. The number of carbonyl (C=O) groups is 1. The number of rotatable bonds is 6. The van der Waals surface area contributed by atoms with Crippen LogP contribution < -0.4 is 15.0 Å². The molecule has 0 spiro atoms. The maximum atomic E-state index is 12.7. The van der Waals surface area contributed by atoms with Gasteiger partial charge in [0.15, 0.2) is 5.75 Å². The molecule has 4 rings (SSSR count). The molecule has 0 aliphatic carbocycles. The smallest absolute Gasteiger partial charge is 0.258 e. The van der Waals surface area contributed by atoms with Gasteiger partial charge in [0.1, 0.15) is 5.75 Å². The summed E-state index contributed by atoms with van der Waals surface area (Å²) in [7, 11) is 1.88. The maximum absolute atomic E-state index is 12.7. The van der Waals surface area contributed by atoms with Gasteiger partial charge in [-0.2, -0.15) is 0 Å². The maximum Gasteiger partial charge on any atom is 0.258 e. The summed E-state index contributed by atoms with van der Waals surface area (Å²) in [6.07, 6.45) is 3.02. The molecule has 0 fully saturated rings. The van der Waals surface area contributed by atoms with Crippen molar-refractivity contribution in [1.29, 1.82) is 0 Å². The number of ether oxygens (including phenoxy) is 1. The number of benzene rings is 3. The summed E-state index contributed by atoms with van der Waals surface area (Å²) in [6, 6.07) is 26.5. The first-order valence-corrected chi connectivity index (χ1v) is 9.45. The third-order valence-corrected chi connectivity index (χ3v) is 4.45. The Labute approximate surface area is 174 Å². The van der Waals surface area contributed by atoms with Crippen LogP contribution in [0.2, 0.25) is 0 Å². The summed E-state index contributed by atoms with van der Waals surface area (Å²) in [4.78, 5) is 23.2. The number of carbonyl (C=O) groups excluding carboxylic acids is 1. The van der Waals surface area contributed by atoms with Crippen molar-refractivity contribution in [3.05, 3.63) is 103 Å². The molecular weight excluding hydrogens is 376 g/mol. The highest BCUT2D eigenvalue weighted by Crippen LogP contribution is 2.29. The summed E-state index contributed by atoms with van der Waals surface area (Å²) in [5, 5.41) is 2.87. The zero-order chi connectivity index (χ0) is 20.8. The van der Waals surface area contributed by atoms with E-state index in [0.717, 1.165) is 5.69 Å². The minimum Gasteiger partial charge on any atom is -0.455 e. The van der Waals surface area contributed by atoms with E-state index in [4.69, 9.17) is 4.74 Å².